The van der Waals surface area contributed by atoms with Gasteiger partial charge in [-0.25, -0.2) is 0 Å². The highest BCUT2D eigenvalue weighted by Crippen LogP contribution is 2.45. The van der Waals surface area contributed by atoms with Crippen LogP contribution in [0.2, 0.25) is 5.02 Å². The van der Waals surface area contributed by atoms with Gasteiger partial charge in [-0.1, -0.05) is 17.7 Å². The van der Waals surface area contributed by atoms with E-state index < -0.39 is 5.60 Å². The molecule has 0 spiro atoms. The van der Waals surface area contributed by atoms with Gasteiger partial charge in [0.1, 0.15) is 11.7 Å². The molecule has 2 aliphatic rings. The van der Waals surface area contributed by atoms with Gasteiger partial charge in [0, 0.05) is 46.5 Å². The van der Waals surface area contributed by atoms with Crippen LogP contribution in [0.15, 0.2) is 36.5 Å². The van der Waals surface area contributed by atoms with Crippen molar-refractivity contribution in [1.29, 1.82) is 0 Å². The van der Waals surface area contributed by atoms with Crippen LogP contribution in [0.1, 0.15) is 35.5 Å². The number of rotatable bonds is 1. The second kappa shape index (κ2) is 5.31. The highest BCUT2D eigenvalue weighted by atomic mass is 35.5. The van der Waals surface area contributed by atoms with Crippen LogP contribution in [0.3, 0.4) is 0 Å². The number of nitrogens with one attached hydrogen (secondary N) is 1. The highest BCUT2D eigenvalue weighted by Gasteiger charge is 2.42. The molecule has 2 aliphatic heterocycles. The molecule has 0 bridgehead atoms. The number of fused-ring (bicyclic) bond motifs is 3. The Hall–Kier alpha value is -1.88. The van der Waals surface area contributed by atoms with Gasteiger partial charge < -0.3 is 14.6 Å². The van der Waals surface area contributed by atoms with Gasteiger partial charge in [-0.3, -0.25) is 4.98 Å². The van der Waals surface area contributed by atoms with Crippen molar-refractivity contribution in [2.75, 3.05) is 6.54 Å². The molecule has 0 fully saturated rings. The van der Waals surface area contributed by atoms with Gasteiger partial charge >= 0.3 is 0 Å². The number of benzene rings is 1. The third-order valence-electron chi connectivity index (χ3n) is 5.50. The van der Waals surface area contributed by atoms with E-state index >= 15 is 0 Å². The maximum Gasteiger partial charge on any atom is 0.111 e. The van der Waals surface area contributed by atoms with Crippen LogP contribution >= 0.6 is 11.6 Å². The molecule has 0 aliphatic carbocycles. The summed E-state index contributed by atoms with van der Waals surface area (Å²) in [4.78, 5) is 4.48. The summed E-state index contributed by atoms with van der Waals surface area (Å²) in [6, 6.07) is 10.4. The molecule has 0 radical (unpaired) electrons. The van der Waals surface area contributed by atoms with E-state index in [0.717, 1.165) is 35.9 Å². The Morgan fingerprint density at radius 2 is 2.20 bits per heavy atom. The zero-order chi connectivity index (χ0) is 17.2. The van der Waals surface area contributed by atoms with Crippen molar-refractivity contribution in [3.05, 3.63) is 64.1 Å². The molecule has 3 aromatic rings. The summed E-state index contributed by atoms with van der Waals surface area (Å²) in [6.07, 6.45) is 1.98. The molecule has 25 heavy (non-hydrogen) atoms. The Morgan fingerprint density at radius 3 is 3.00 bits per heavy atom. The number of pyridine rings is 1. The van der Waals surface area contributed by atoms with E-state index in [1.54, 1.807) is 0 Å². The lowest BCUT2D eigenvalue weighted by atomic mass is 9.93. The first-order chi connectivity index (χ1) is 12.0. The number of halogens is 1. The molecule has 2 unspecified atom stereocenters. The van der Waals surface area contributed by atoms with E-state index in [1.807, 2.05) is 19.2 Å². The Bertz CT molecular complexity index is 979. The van der Waals surface area contributed by atoms with Crippen LogP contribution in [0.5, 0.6) is 0 Å². The van der Waals surface area contributed by atoms with E-state index in [0.29, 0.717) is 0 Å². The standard InChI is InChI=1S/C20H20ClN3O/c1-12-3-4-13(8-23-12)20(2)11-24-17-6-5-14(21)7-15(17)16-9-22-10-18(25-20)19(16)24/h3-8,18,22H,9-11H2,1-2H3. The second-order valence-corrected chi connectivity index (χ2v) is 7.70. The molecular weight excluding hydrogens is 334 g/mol. The molecule has 0 saturated carbocycles. The van der Waals surface area contributed by atoms with Crippen molar-refractivity contribution >= 4 is 22.5 Å². The Balaban J connectivity index is 1.71. The number of ether oxygens (including phenoxy) is 1. The summed E-state index contributed by atoms with van der Waals surface area (Å²) in [6.45, 7) is 6.64. The van der Waals surface area contributed by atoms with E-state index in [-0.39, 0.29) is 6.10 Å². The predicted octanol–water partition coefficient (Wildman–Crippen LogP) is 4.09. The van der Waals surface area contributed by atoms with Crippen molar-refractivity contribution < 1.29 is 4.74 Å². The maximum atomic E-state index is 6.61. The first-order valence-electron chi connectivity index (χ1n) is 8.67. The first-order valence-corrected chi connectivity index (χ1v) is 9.05. The van der Waals surface area contributed by atoms with Crippen LogP contribution < -0.4 is 5.32 Å². The molecule has 5 rings (SSSR count). The van der Waals surface area contributed by atoms with Crippen LogP contribution in [0.4, 0.5) is 0 Å². The van der Waals surface area contributed by atoms with Crippen LogP contribution in [-0.2, 0) is 23.4 Å². The van der Waals surface area contributed by atoms with Gasteiger partial charge in [-0.2, -0.15) is 0 Å². The molecule has 1 N–H and O–H groups in total. The van der Waals surface area contributed by atoms with Gasteiger partial charge in [0.25, 0.3) is 0 Å². The van der Waals surface area contributed by atoms with Crippen molar-refractivity contribution in [1.82, 2.24) is 14.9 Å². The molecule has 4 nitrogen and oxygen atoms in total. The zero-order valence-electron chi connectivity index (χ0n) is 14.3. The van der Waals surface area contributed by atoms with Gasteiger partial charge in [0.05, 0.1) is 12.2 Å². The molecule has 2 aromatic heterocycles. The van der Waals surface area contributed by atoms with Crippen LogP contribution in [-0.4, -0.2) is 16.1 Å². The topological polar surface area (TPSA) is 39.1 Å². The Kier molecular flexibility index (Phi) is 3.26. The second-order valence-electron chi connectivity index (χ2n) is 7.27. The summed E-state index contributed by atoms with van der Waals surface area (Å²) >= 11 is 6.26. The average molecular weight is 354 g/mol. The fourth-order valence-corrected chi connectivity index (χ4v) is 4.43. The third-order valence-corrected chi connectivity index (χ3v) is 5.73. The normalized spacial score (nSPS) is 25.2. The minimum absolute atomic E-state index is 0.0370. The number of hydrogen-bond acceptors (Lipinski definition) is 3. The van der Waals surface area contributed by atoms with Gasteiger partial charge in [-0.15, -0.1) is 0 Å². The molecule has 5 heteroatoms. The third kappa shape index (κ3) is 2.25. The number of aryl methyl sites for hydroxylation is 1. The molecule has 2 atom stereocenters. The Labute approximate surface area is 151 Å². The largest absolute Gasteiger partial charge is 0.358 e. The van der Waals surface area contributed by atoms with Crippen LogP contribution in [0.25, 0.3) is 10.9 Å². The smallest absolute Gasteiger partial charge is 0.111 e. The van der Waals surface area contributed by atoms with E-state index in [2.05, 4.69) is 46.1 Å². The van der Waals surface area contributed by atoms with Crippen molar-refractivity contribution in [2.24, 2.45) is 0 Å². The van der Waals surface area contributed by atoms with Crippen LogP contribution in [0, 0.1) is 6.92 Å². The zero-order valence-corrected chi connectivity index (χ0v) is 15.1. The average Bonchev–Trinajstić information content (AvgIpc) is 2.90. The number of nitrogens with zero attached hydrogens (tertiary/aromatic N) is 2. The van der Waals surface area contributed by atoms with E-state index in [4.69, 9.17) is 16.3 Å². The van der Waals surface area contributed by atoms with Crippen molar-refractivity contribution in [2.45, 2.75) is 38.6 Å². The van der Waals surface area contributed by atoms with Gasteiger partial charge in [0.15, 0.2) is 0 Å². The Morgan fingerprint density at radius 1 is 1.32 bits per heavy atom. The molecule has 0 saturated heterocycles. The lowest BCUT2D eigenvalue weighted by Gasteiger charge is -2.42. The van der Waals surface area contributed by atoms with Crippen molar-refractivity contribution in [3.8, 4) is 0 Å². The van der Waals surface area contributed by atoms with Gasteiger partial charge in [-0.05, 0) is 43.7 Å². The number of hydrogen-bond donors (Lipinski definition) is 1. The summed E-state index contributed by atoms with van der Waals surface area (Å²) in [5, 5.41) is 5.51. The molecule has 128 valence electrons. The highest BCUT2D eigenvalue weighted by molar-refractivity contribution is 6.31. The lowest BCUT2D eigenvalue weighted by Crippen LogP contribution is -2.43. The summed E-state index contributed by atoms with van der Waals surface area (Å²) in [5.41, 5.74) is 5.59. The quantitative estimate of drug-likeness (QED) is 0.716. The maximum absolute atomic E-state index is 6.61. The van der Waals surface area contributed by atoms with E-state index in [9.17, 15) is 0 Å². The van der Waals surface area contributed by atoms with Crippen molar-refractivity contribution in [3.63, 3.8) is 0 Å². The fraction of sp³-hybridized carbons (Fsp3) is 0.350. The summed E-state index contributed by atoms with van der Waals surface area (Å²) < 4.78 is 9.04. The molecule has 1 aromatic carbocycles. The van der Waals surface area contributed by atoms with E-state index in [1.165, 1.54) is 22.2 Å². The monoisotopic (exact) mass is 353 g/mol. The minimum atomic E-state index is -0.403. The number of aromatic nitrogens is 2. The summed E-state index contributed by atoms with van der Waals surface area (Å²) in [5.74, 6) is 0. The lowest BCUT2D eigenvalue weighted by molar-refractivity contribution is -0.123. The fourth-order valence-electron chi connectivity index (χ4n) is 4.26. The summed E-state index contributed by atoms with van der Waals surface area (Å²) in [7, 11) is 0. The predicted molar refractivity (Wildman–Crippen MR) is 98.8 cm³/mol. The molecule has 4 heterocycles. The minimum Gasteiger partial charge on any atom is -0.358 e. The molecular formula is C20H20ClN3O. The SMILES string of the molecule is Cc1ccc(C2(C)Cn3c4c(c5cc(Cl)ccc53)CNCC4O2)cn1. The molecule has 0 amide bonds. The van der Waals surface area contributed by atoms with Gasteiger partial charge in [0.2, 0.25) is 0 Å². The first kappa shape index (κ1) is 15.4.